The minimum absolute atomic E-state index is 0.0605. The number of rotatable bonds is 4. The van der Waals surface area contributed by atoms with Crippen LogP contribution < -0.4 is 10.6 Å². The number of halogens is 1. The quantitative estimate of drug-likeness (QED) is 0.653. The maximum Gasteiger partial charge on any atom is 0.232 e. The Morgan fingerprint density at radius 3 is 2.71 bits per heavy atom. The van der Waals surface area contributed by atoms with Crippen LogP contribution in [0.2, 0.25) is 5.02 Å². The first-order valence-electron chi connectivity index (χ1n) is 7.85. The van der Waals surface area contributed by atoms with E-state index in [4.69, 9.17) is 16.1 Å². The van der Waals surface area contributed by atoms with Gasteiger partial charge in [-0.25, -0.2) is 0 Å². The Hall–Kier alpha value is -2.08. The molecule has 0 aliphatic rings. The Labute approximate surface area is 147 Å². The van der Waals surface area contributed by atoms with Gasteiger partial charge in [-0.05, 0) is 24.6 Å². The van der Waals surface area contributed by atoms with Crippen molar-refractivity contribution in [1.82, 2.24) is 20.8 Å². The highest BCUT2D eigenvalue weighted by molar-refractivity contribution is 6.30. The molecule has 1 atom stereocenters. The summed E-state index contributed by atoms with van der Waals surface area (Å²) < 4.78 is 5.28. The molecule has 0 saturated heterocycles. The number of nitrogens with zero attached hydrogens (tertiary/aromatic N) is 3. The molecule has 0 bridgehead atoms. The number of hydrogen-bond acceptors (Lipinski definition) is 4. The lowest BCUT2D eigenvalue weighted by atomic mass is 9.97. The molecule has 0 fully saturated rings. The van der Waals surface area contributed by atoms with Gasteiger partial charge in [-0.2, -0.15) is 4.98 Å². The Morgan fingerprint density at radius 1 is 1.38 bits per heavy atom. The van der Waals surface area contributed by atoms with Crippen molar-refractivity contribution in [2.75, 3.05) is 7.05 Å². The molecule has 2 rings (SSSR count). The Morgan fingerprint density at radius 2 is 2.12 bits per heavy atom. The van der Waals surface area contributed by atoms with Gasteiger partial charge in [0, 0.05) is 17.5 Å². The molecule has 0 radical (unpaired) electrons. The molecular formula is C17H24ClN5O. The van der Waals surface area contributed by atoms with Crippen molar-refractivity contribution in [2.45, 2.75) is 45.7 Å². The number of aromatic nitrogens is 2. The second kappa shape index (κ2) is 7.66. The molecule has 1 aromatic carbocycles. The molecule has 0 amide bonds. The third-order valence-electron chi connectivity index (χ3n) is 3.45. The highest BCUT2D eigenvalue weighted by Crippen LogP contribution is 2.19. The maximum atomic E-state index is 6.04. The highest BCUT2D eigenvalue weighted by atomic mass is 35.5. The third-order valence-corrected chi connectivity index (χ3v) is 3.68. The number of guanidine groups is 1. The van der Waals surface area contributed by atoms with Crippen LogP contribution in [0, 0.1) is 0 Å². The second-order valence-electron chi connectivity index (χ2n) is 6.61. The summed E-state index contributed by atoms with van der Waals surface area (Å²) in [7, 11) is 1.72. The molecule has 24 heavy (non-hydrogen) atoms. The molecule has 1 aromatic heterocycles. The average molecular weight is 350 g/mol. The largest absolute Gasteiger partial charge is 0.350 e. The number of hydrogen-bond donors (Lipinski definition) is 2. The summed E-state index contributed by atoms with van der Waals surface area (Å²) in [5, 5.41) is 11.2. The molecule has 0 spiro atoms. The third kappa shape index (κ3) is 4.96. The molecule has 7 heteroatoms. The summed E-state index contributed by atoms with van der Waals surface area (Å²) >= 11 is 6.04. The molecule has 0 aliphatic heterocycles. The van der Waals surface area contributed by atoms with Gasteiger partial charge in [0.05, 0.1) is 12.6 Å². The van der Waals surface area contributed by atoms with E-state index in [9.17, 15) is 0 Å². The van der Waals surface area contributed by atoms with Crippen LogP contribution >= 0.6 is 11.6 Å². The van der Waals surface area contributed by atoms with Crippen LogP contribution in [-0.2, 0) is 12.0 Å². The van der Waals surface area contributed by atoms with Gasteiger partial charge in [0.1, 0.15) is 0 Å². The average Bonchev–Trinajstić information content (AvgIpc) is 3.00. The SMILES string of the molecule is CN=C(NCc1noc(C(C)(C)C)n1)NC(C)c1cccc(Cl)c1. The van der Waals surface area contributed by atoms with Crippen molar-refractivity contribution < 1.29 is 4.52 Å². The van der Waals surface area contributed by atoms with E-state index in [1.165, 1.54) is 0 Å². The second-order valence-corrected chi connectivity index (χ2v) is 7.05. The highest BCUT2D eigenvalue weighted by Gasteiger charge is 2.21. The lowest BCUT2D eigenvalue weighted by Crippen LogP contribution is -2.38. The molecule has 0 aliphatic carbocycles. The van der Waals surface area contributed by atoms with Crippen molar-refractivity contribution in [3.8, 4) is 0 Å². The van der Waals surface area contributed by atoms with E-state index in [1.54, 1.807) is 7.05 Å². The van der Waals surface area contributed by atoms with Crippen molar-refractivity contribution in [2.24, 2.45) is 4.99 Å². The van der Waals surface area contributed by atoms with Crippen LogP contribution in [0.4, 0.5) is 0 Å². The van der Waals surface area contributed by atoms with Crippen molar-refractivity contribution in [1.29, 1.82) is 0 Å². The first-order chi connectivity index (χ1) is 11.3. The van der Waals surface area contributed by atoms with Gasteiger partial charge in [-0.1, -0.05) is 49.7 Å². The summed E-state index contributed by atoms with van der Waals surface area (Å²) in [6.07, 6.45) is 0. The molecular weight excluding hydrogens is 326 g/mol. The summed E-state index contributed by atoms with van der Waals surface area (Å²) in [6, 6.07) is 7.80. The van der Waals surface area contributed by atoms with E-state index in [-0.39, 0.29) is 11.5 Å². The van der Waals surface area contributed by atoms with E-state index >= 15 is 0 Å². The van der Waals surface area contributed by atoms with Crippen molar-refractivity contribution in [3.05, 3.63) is 46.6 Å². The first kappa shape index (κ1) is 18.3. The lowest BCUT2D eigenvalue weighted by molar-refractivity contribution is 0.318. The molecule has 130 valence electrons. The van der Waals surface area contributed by atoms with E-state index in [0.717, 1.165) is 5.56 Å². The van der Waals surface area contributed by atoms with Crippen molar-refractivity contribution in [3.63, 3.8) is 0 Å². The minimum Gasteiger partial charge on any atom is -0.350 e. The zero-order valence-electron chi connectivity index (χ0n) is 14.7. The van der Waals surface area contributed by atoms with Gasteiger partial charge in [0.2, 0.25) is 5.89 Å². The van der Waals surface area contributed by atoms with E-state index in [2.05, 4.69) is 25.8 Å². The molecule has 2 aromatic rings. The first-order valence-corrected chi connectivity index (χ1v) is 8.23. The van der Waals surface area contributed by atoms with Gasteiger partial charge < -0.3 is 15.2 Å². The lowest BCUT2D eigenvalue weighted by Gasteiger charge is -2.18. The zero-order chi connectivity index (χ0) is 17.7. The number of aliphatic imine (C=N–C) groups is 1. The topological polar surface area (TPSA) is 75.3 Å². The molecule has 1 unspecified atom stereocenters. The fourth-order valence-electron chi connectivity index (χ4n) is 2.05. The number of benzene rings is 1. The smallest absolute Gasteiger partial charge is 0.232 e. The van der Waals surface area contributed by atoms with Gasteiger partial charge in [0.25, 0.3) is 0 Å². The summed E-state index contributed by atoms with van der Waals surface area (Å²) in [5.41, 5.74) is 0.923. The summed E-state index contributed by atoms with van der Waals surface area (Å²) in [4.78, 5) is 8.62. The summed E-state index contributed by atoms with van der Waals surface area (Å²) in [6.45, 7) is 8.58. The Balaban J connectivity index is 1.94. The maximum absolute atomic E-state index is 6.04. The van der Waals surface area contributed by atoms with E-state index in [1.807, 2.05) is 52.0 Å². The van der Waals surface area contributed by atoms with Gasteiger partial charge in [0.15, 0.2) is 11.8 Å². The van der Waals surface area contributed by atoms with Crippen molar-refractivity contribution >= 4 is 17.6 Å². The van der Waals surface area contributed by atoms with E-state index in [0.29, 0.717) is 29.2 Å². The monoisotopic (exact) mass is 349 g/mol. The fourth-order valence-corrected chi connectivity index (χ4v) is 2.25. The van der Waals surface area contributed by atoms with E-state index < -0.39 is 0 Å². The zero-order valence-corrected chi connectivity index (χ0v) is 15.5. The minimum atomic E-state index is -0.160. The number of nitrogens with one attached hydrogen (secondary N) is 2. The molecule has 1 heterocycles. The predicted molar refractivity (Wildman–Crippen MR) is 96.2 cm³/mol. The standard InChI is InChI=1S/C17H24ClN5O/c1-11(12-7-6-8-13(18)9-12)21-16(19-5)20-10-14-22-15(24-23-14)17(2,3)4/h6-9,11H,10H2,1-5H3,(H2,19,20,21). The van der Waals surface area contributed by atoms with Crippen LogP contribution in [0.15, 0.2) is 33.8 Å². The van der Waals surface area contributed by atoms with Gasteiger partial charge in [-0.15, -0.1) is 0 Å². The Bertz CT molecular complexity index is 705. The van der Waals surface area contributed by atoms with Gasteiger partial charge in [-0.3, -0.25) is 4.99 Å². The molecule has 0 saturated carbocycles. The van der Waals surface area contributed by atoms with Crippen LogP contribution in [0.5, 0.6) is 0 Å². The van der Waals surface area contributed by atoms with Crippen LogP contribution in [-0.4, -0.2) is 23.1 Å². The van der Waals surface area contributed by atoms with Crippen LogP contribution in [0.3, 0.4) is 0 Å². The van der Waals surface area contributed by atoms with Crippen LogP contribution in [0.1, 0.15) is 51.0 Å². The Kier molecular flexibility index (Phi) is 5.83. The fraction of sp³-hybridized carbons (Fsp3) is 0.471. The summed E-state index contributed by atoms with van der Waals surface area (Å²) in [5.74, 6) is 1.87. The molecule has 6 nitrogen and oxygen atoms in total. The van der Waals surface area contributed by atoms with Gasteiger partial charge >= 0.3 is 0 Å². The normalized spacial score (nSPS) is 13.7. The van der Waals surface area contributed by atoms with Crippen LogP contribution in [0.25, 0.3) is 0 Å². The molecule has 2 N–H and O–H groups in total. The predicted octanol–water partition coefficient (Wildman–Crippen LogP) is 3.45.